The van der Waals surface area contributed by atoms with Crippen LogP contribution in [-0.2, 0) is 10.6 Å². The highest BCUT2D eigenvalue weighted by molar-refractivity contribution is 6.17. The second kappa shape index (κ2) is 8.36. The van der Waals surface area contributed by atoms with E-state index in [1.165, 1.54) is 0 Å². The Labute approximate surface area is 102 Å². The average Bonchev–Trinajstić information content (AvgIpc) is 2.34. The molecule has 0 unspecified atom stereocenters. The largest absolute Gasteiger partial charge is 0.489 e. The van der Waals surface area contributed by atoms with Gasteiger partial charge in [0.05, 0.1) is 18.7 Å². The molecule has 0 aromatic carbocycles. The minimum absolute atomic E-state index is 0.439. The van der Waals surface area contributed by atoms with Crippen molar-refractivity contribution in [3.63, 3.8) is 0 Å². The van der Waals surface area contributed by atoms with Crippen LogP contribution in [0.3, 0.4) is 0 Å². The first-order valence-electron chi connectivity index (χ1n) is 5.58. The van der Waals surface area contributed by atoms with Gasteiger partial charge in [-0.25, -0.2) is 0 Å². The van der Waals surface area contributed by atoms with Gasteiger partial charge in [0, 0.05) is 18.4 Å². The van der Waals surface area contributed by atoms with E-state index < -0.39 is 0 Å². The highest BCUT2D eigenvalue weighted by atomic mass is 35.5. The molecule has 0 radical (unpaired) electrons. The average molecular weight is 244 g/mol. The third-order valence-electron chi connectivity index (χ3n) is 2.14. The molecule has 1 aromatic rings. The highest BCUT2D eigenvalue weighted by Gasteiger charge is 2.01. The van der Waals surface area contributed by atoms with Gasteiger partial charge >= 0.3 is 0 Å². The maximum atomic E-state index is 5.77. The van der Waals surface area contributed by atoms with Gasteiger partial charge in [-0.1, -0.05) is 13.3 Å². The monoisotopic (exact) mass is 243 g/mol. The number of ether oxygens (including phenoxy) is 2. The number of rotatable bonds is 8. The van der Waals surface area contributed by atoms with Crippen LogP contribution in [0.1, 0.15) is 25.3 Å². The summed E-state index contributed by atoms with van der Waals surface area (Å²) in [7, 11) is 0. The first-order valence-corrected chi connectivity index (χ1v) is 6.11. The van der Waals surface area contributed by atoms with E-state index in [4.69, 9.17) is 21.1 Å². The number of pyridine rings is 1. The third-order valence-corrected chi connectivity index (χ3v) is 2.43. The Balaban J connectivity index is 2.21. The molecule has 0 aliphatic carbocycles. The van der Waals surface area contributed by atoms with Gasteiger partial charge in [0.15, 0.2) is 0 Å². The van der Waals surface area contributed by atoms with E-state index in [1.807, 2.05) is 6.07 Å². The lowest BCUT2D eigenvalue weighted by Crippen LogP contribution is -2.08. The van der Waals surface area contributed by atoms with Gasteiger partial charge in [-0.2, -0.15) is 0 Å². The summed E-state index contributed by atoms with van der Waals surface area (Å²) in [4.78, 5) is 4.00. The molecule has 0 atom stereocenters. The van der Waals surface area contributed by atoms with Crippen LogP contribution in [0.25, 0.3) is 0 Å². The van der Waals surface area contributed by atoms with Crippen LogP contribution >= 0.6 is 11.6 Å². The van der Waals surface area contributed by atoms with Gasteiger partial charge in [0.1, 0.15) is 12.4 Å². The van der Waals surface area contributed by atoms with Crippen LogP contribution in [0, 0.1) is 0 Å². The molecule has 0 amide bonds. The van der Waals surface area contributed by atoms with Crippen molar-refractivity contribution >= 4 is 11.6 Å². The number of hydrogen-bond acceptors (Lipinski definition) is 3. The molecule has 0 fully saturated rings. The molecule has 4 heteroatoms. The Hall–Kier alpha value is -0.800. The van der Waals surface area contributed by atoms with E-state index in [0.717, 1.165) is 30.8 Å². The number of halogens is 1. The van der Waals surface area contributed by atoms with Crippen molar-refractivity contribution in [3.05, 3.63) is 24.0 Å². The first kappa shape index (κ1) is 13.3. The standard InChI is InChI=1S/C12H18ClNO2/c1-2-3-6-15-7-8-16-12-10-14-5-4-11(12)9-13/h4-5,10H,2-3,6-9H2,1H3. The van der Waals surface area contributed by atoms with Crippen molar-refractivity contribution < 1.29 is 9.47 Å². The number of alkyl halides is 1. The van der Waals surface area contributed by atoms with Crippen molar-refractivity contribution in [3.8, 4) is 5.75 Å². The summed E-state index contributed by atoms with van der Waals surface area (Å²) in [6.45, 7) is 4.09. The molecule has 1 heterocycles. The predicted molar refractivity (Wildman–Crippen MR) is 65.0 cm³/mol. The molecular weight excluding hydrogens is 226 g/mol. The molecule has 0 N–H and O–H groups in total. The van der Waals surface area contributed by atoms with Crippen molar-refractivity contribution in [1.82, 2.24) is 4.98 Å². The summed E-state index contributed by atoms with van der Waals surface area (Å²) in [5.41, 5.74) is 0.963. The Kier molecular flexibility index (Phi) is 6.93. The summed E-state index contributed by atoms with van der Waals surface area (Å²) >= 11 is 5.77. The summed E-state index contributed by atoms with van der Waals surface area (Å²) in [5.74, 6) is 1.19. The van der Waals surface area contributed by atoms with Gasteiger partial charge in [0.25, 0.3) is 0 Å². The summed E-state index contributed by atoms with van der Waals surface area (Å²) in [5, 5.41) is 0. The third kappa shape index (κ3) is 4.81. The lowest BCUT2D eigenvalue weighted by molar-refractivity contribution is 0.0977. The van der Waals surface area contributed by atoms with E-state index in [2.05, 4.69) is 11.9 Å². The van der Waals surface area contributed by atoms with E-state index >= 15 is 0 Å². The summed E-state index contributed by atoms with van der Waals surface area (Å²) < 4.78 is 10.9. The van der Waals surface area contributed by atoms with Crippen molar-refractivity contribution in [1.29, 1.82) is 0 Å². The molecule has 0 saturated heterocycles. The minimum atomic E-state index is 0.439. The van der Waals surface area contributed by atoms with Crippen LogP contribution < -0.4 is 4.74 Å². The number of unbranched alkanes of at least 4 members (excludes halogenated alkanes) is 1. The van der Waals surface area contributed by atoms with Gasteiger partial charge in [-0.15, -0.1) is 11.6 Å². The van der Waals surface area contributed by atoms with E-state index in [9.17, 15) is 0 Å². The van der Waals surface area contributed by atoms with Crippen LogP contribution in [0.2, 0.25) is 0 Å². The SMILES string of the molecule is CCCCOCCOc1cnccc1CCl. The molecule has 0 spiro atoms. The predicted octanol–water partition coefficient (Wildman–Crippen LogP) is 3.02. The van der Waals surface area contributed by atoms with Gasteiger partial charge in [-0.3, -0.25) is 4.98 Å². The van der Waals surface area contributed by atoms with Crippen LogP contribution in [-0.4, -0.2) is 24.8 Å². The van der Waals surface area contributed by atoms with Crippen LogP contribution in [0.4, 0.5) is 0 Å². The summed E-state index contributed by atoms with van der Waals surface area (Å²) in [6, 6.07) is 1.86. The Morgan fingerprint density at radius 1 is 1.31 bits per heavy atom. The zero-order valence-corrected chi connectivity index (χ0v) is 10.4. The fourth-order valence-corrected chi connectivity index (χ4v) is 1.43. The molecule has 90 valence electrons. The smallest absolute Gasteiger partial charge is 0.142 e. The Morgan fingerprint density at radius 2 is 2.19 bits per heavy atom. The molecule has 16 heavy (non-hydrogen) atoms. The first-order chi connectivity index (χ1) is 7.88. The lowest BCUT2D eigenvalue weighted by Gasteiger charge is -2.09. The quantitative estimate of drug-likeness (QED) is 0.520. The van der Waals surface area contributed by atoms with Crippen molar-refractivity contribution in [2.75, 3.05) is 19.8 Å². The lowest BCUT2D eigenvalue weighted by atomic mass is 10.3. The van der Waals surface area contributed by atoms with E-state index in [-0.39, 0.29) is 0 Å². The molecule has 0 saturated carbocycles. The Bertz CT molecular complexity index is 294. The number of nitrogens with zero attached hydrogens (tertiary/aromatic N) is 1. The zero-order chi connectivity index (χ0) is 11.6. The molecule has 1 rings (SSSR count). The van der Waals surface area contributed by atoms with Gasteiger partial charge < -0.3 is 9.47 Å². The number of hydrogen-bond donors (Lipinski definition) is 0. The zero-order valence-electron chi connectivity index (χ0n) is 9.62. The fraction of sp³-hybridized carbons (Fsp3) is 0.583. The normalized spacial score (nSPS) is 10.4. The molecule has 0 aliphatic heterocycles. The maximum Gasteiger partial charge on any atom is 0.142 e. The molecular formula is C12H18ClNO2. The molecule has 3 nitrogen and oxygen atoms in total. The minimum Gasteiger partial charge on any atom is -0.489 e. The van der Waals surface area contributed by atoms with Crippen molar-refractivity contribution in [2.45, 2.75) is 25.6 Å². The summed E-state index contributed by atoms with van der Waals surface area (Å²) in [6.07, 6.45) is 5.64. The van der Waals surface area contributed by atoms with Crippen molar-refractivity contribution in [2.24, 2.45) is 0 Å². The molecule has 1 aromatic heterocycles. The van der Waals surface area contributed by atoms with Gasteiger partial charge in [-0.05, 0) is 12.5 Å². The fourth-order valence-electron chi connectivity index (χ4n) is 1.21. The molecule has 0 bridgehead atoms. The molecule has 0 aliphatic rings. The van der Waals surface area contributed by atoms with Gasteiger partial charge in [0.2, 0.25) is 0 Å². The van der Waals surface area contributed by atoms with Crippen LogP contribution in [0.15, 0.2) is 18.5 Å². The maximum absolute atomic E-state index is 5.77. The topological polar surface area (TPSA) is 31.4 Å². The number of aromatic nitrogens is 1. The Morgan fingerprint density at radius 3 is 2.94 bits per heavy atom. The van der Waals surface area contributed by atoms with E-state index in [0.29, 0.717) is 19.1 Å². The van der Waals surface area contributed by atoms with Crippen LogP contribution in [0.5, 0.6) is 5.75 Å². The second-order valence-electron chi connectivity index (χ2n) is 3.43. The second-order valence-corrected chi connectivity index (χ2v) is 3.70. The highest BCUT2D eigenvalue weighted by Crippen LogP contribution is 2.17. The van der Waals surface area contributed by atoms with E-state index in [1.54, 1.807) is 12.4 Å².